The maximum atomic E-state index is 12.5. The predicted molar refractivity (Wildman–Crippen MR) is 295 cm³/mol. The van der Waals surface area contributed by atoms with Crippen molar-refractivity contribution in [3.63, 3.8) is 0 Å². The number of urea groups is 1. The summed E-state index contributed by atoms with van der Waals surface area (Å²) in [6.07, 6.45) is 1.53. The van der Waals surface area contributed by atoms with Crippen LogP contribution in [0.25, 0.3) is 22.3 Å². The number of nitriles is 1. The fourth-order valence-corrected chi connectivity index (χ4v) is 8.89. The van der Waals surface area contributed by atoms with Gasteiger partial charge in [-0.15, -0.1) is 5.26 Å². The fourth-order valence-electron chi connectivity index (χ4n) is 8.89. The van der Waals surface area contributed by atoms with Gasteiger partial charge in [0.2, 0.25) is 0 Å². The highest BCUT2D eigenvalue weighted by Gasteiger charge is 2.20. The van der Waals surface area contributed by atoms with Crippen molar-refractivity contribution >= 4 is 57.8 Å². The number of amides is 2. The Hall–Kier alpha value is -8.34. The van der Waals surface area contributed by atoms with Gasteiger partial charge in [0, 0.05) is 92.2 Å². The number of carbonyl (C=O) groups is 3. The van der Waals surface area contributed by atoms with E-state index in [4.69, 9.17) is 34.7 Å². The average molecular weight is 1030 g/mol. The molecule has 0 atom stereocenters. The lowest BCUT2D eigenvalue weighted by Crippen LogP contribution is -2.38. The van der Waals surface area contributed by atoms with Crippen LogP contribution in [-0.2, 0) is 28.4 Å². The number of hydrogen-bond acceptors (Lipinski definition) is 16. The number of nitrogens with zero attached hydrogens (tertiary/aromatic N) is 5. The Bertz CT molecular complexity index is 2800. The van der Waals surface area contributed by atoms with Crippen LogP contribution in [0.15, 0.2) is 133 Å². The molecular weight excluding hydrogens is 969 g/mol. The van der Waals surface area contributed by atoms with Gasteiger partial charge in [0.1, 0.15) is 5.75 Å². The fraction of sp³-hybridized carbons (Fsp3) is 0.310. The van der Waals surface area contributed by atoms with Crippen LogP contribution in [0.3, 0.4) is 0 Å². The molecule has 76 heavy (non-hydrogen) atoms. The van der Waals surface area contributed by atoms with E-state index < -0.39 is 11.9 Å². The molecule has 4 fully saturated rings. The molecule has 0 spiro atoms. The molecule has 6 aromatic rings. The summed E-state index contributed by atoms with van der Waals surface area (Å²) in [6.45, 7) is 13.3. The Kier molecular flexibility index (Phi) is 19.4. The van der Waals surface area contributed by atoms with Gasteiger partial charge >= 0.3 is 18.0 Å². The van der Waals surface area contributed by atoms with Crippen LogP contribution in [0.1, 0.15) is 20.7 Å². The zero-order valence-corrected chi connectivity index (χ0v) is 42.9. The molecule has 18 nitrogen and oxygen atoms in total. The van der Waals surface area contributed by atoms with Gasteiger partial charge in [-0.25, -0.2) is 14.4 Å². The van der Waals surface area contributed by atoms with Crippen molar-refractivity contribution in [3.05, 3.63) is 145 Å². The summed E-state index contributed by atoms with van der Waals surface area (Å²) < 4.78 is 35.9. The Morgan fingerprint density at radius 3 is 1.11 bits per heavy atom. The number of benzene rings is 6. The molecule has 0 unspecified atom stereocenters. The van der Waals surface area contributed by atoms with Crippen molar-refractivity contribution in [2.75, 3.05) is 155 Å². The van der Waals surface area contributed by atoms with Crippen LogP contribution in [0.5, 0.6) is 5.75 Å². The maximum absolute atomic E-state index is 12.5. The molecule has 396 valence electrons. The molecule has 0 aromatic heterocycles. The molecule has 0 aliphatic carbocycles. The molecule has 4 heterocycles. The zero-order chi connectivity index (χ0) is 53.1. The number of rotatable bonds is 11. The van der Waals surface area contributed by atoms with Crippen LogP contribution in [0.2, 0.25) is 0 Å². The number of hydrogen-bond donors (Lipinski definition) is 3. The number of carbonyl (C=O) groups excluding carboxylic acids is 3. The van der Waals surface area contributed by atoms with Crippen molar-refractivity contribution in [3.8, 4) is 34.3 Å². The van der Waals surface area contributed by atoms with Gasteiger partial charge in [0.15, 0.2) is 0 Å². The molecule has 4 saturated heterocycles. The number of ether oxygens (including phenoxy) is 7. The third-order valence-corrected chi connectivity index (χ3v) is 13.0. The van der Waals surface area contributed by atoms with Crippen LogP contribution in [0, 0.1) is 11.5 Å². The molecule has 10 rings (SSSR count). The Morgan fingerprint density at radius 2 is 0.776 bits per heavy atom. The third-order valence-electron chi connectivity index (χ3n) is 13.0. The molecule has 0 bridgehead atoms. The number of methoxy groups -OCH3 is 2. The minimum atomic E-state index is -0.423. The number of morpholine rings is 4. The van der Waals surface area contributed by atoms with Crippen molar-refractivity contribution in [2.45, 2.75) is 0 Å². The van der Waals surface area contributed by atoms with Crippen molar-refractivity contribution < 1.29 is 47.5 Å². The zero-order valence-electron chi connectivity index (χ0n) is 42.9. The van der Waals surface area contributed by atoms with Gasteiger partial charge in [-0.2, -0.15) is 0 Å². The molecule has 4 N–H and O–H groups in total. The number of esters is 2. The second-order valence-corrected chi connectivity index (χ2v) is 17.9. The van der Waals surface area contributed by atoms with E-state index in [0.717, 1.165) is 122 Å². The Labute approximate surface area is 443 Å². The largest absolute Gasteiger partial charge is 0.465 e. The number of nitrogens with one attached hydrogen (secondary N) is 2. The minimum absolute atomic E-state index is 0.368. The highest BCUT2D eigenvalue weighted by molar-refractivity contribution is 6.00. The lowest BCUT2D eigenvalue weighted by Gasteiger charge is -2.33. The molecule has 0 radical (unpaired) electrons. The summed E-state index contributed by atoms with van der Waals surface area (Å²) in [5.41, 5.74) is 18.3. The van der Waals surface area contributed by atoms with Crippen molar-refractivity contribution in [1.82, 2.24) is 0 Å². The molecule has 18 heteroatoms. The monoisotopic (exact) mass is 1030 g/mol. The van der Waals surface area contributed by atoms with E-state index in [2.05, 4.69) is 88.2 Å². The van der Waals surface area contributed by atoms with Crippen molar-refractivity contribution in [2.24, 2.45) is 0 Å². The first-order valence-corrected chi connectivity index (χ1v) is 25.2. The summed E-state index contributed by atoms with van der Waals surface area (Å²) in [4.78, 5) is 44.6. The van der Waals surface area contributed by atoms with E-state index in [1.54, 1.807) is 24.3 Å². The first-order chi connectivity index (χ1) is 37.2. The van der Waals surface area contributed by atoms with Crippen LogP contribution in [-0.4, -0.2) is 137 Å². The van der Waals surface area contributed by atoms with Crippen LogP contribution < -0.4 is 40.7 Å². The van der Waals surface area contributed by atoms with E-state index in [-0.39, 0.29) is 6.03 Å². The summed E-state index contributed by atoms with van der Waals surface area (Å²) in [6, 6.07) is 41.8. The van der Waals surface area contributed by atoms with E-state index in [1.807, 2.05) is 36.4 Å². The highest BCUT2D eigenvalue weighted by atomic mass is 16.5. The van der Waals surface area contributed by atoms with Gasteiger partial charge in [0.05, 0.1) is 78.2 Å². The summed E-state index contributed by atoms with van der Waals surface area (Å²) in [7, 11) is 2.64. The molecular formula is C58H64N8O10. The number of nitrogens with two attached hydrogens (primary N) is 1. The molecule has 4 aliphatic rings. The summed E-state index contributed by atoms with van der Waals surface area (Å²) >= 11 is 0. The predicted octanol–water partition coefficient (Wildman–Crippen LogP) is 8.40. The van der Waals surface area contributed by atoms with Crippen molar-refractivity contribution in [1.29, 1.82) is 5.26 Å². The number of anilines is 7. The van der Waals surface area contributed by atoms with Gasteiger partial charge in [0.25, 0.3) is 6.26 Å². The van der Waals surface area contributed by atoms with E-state index in [0.29, 0.717) is 28.3 Å². The summed E-state index contributed by atoms with van der Waals surface area (Å²) in [5.74, 6) is -0.438. The molecule has 4 aliphatic heterocycles. The van der Waals surface area contributed by atoms with Gasteiger partial charge in [-0.05, 0) is 131 Å². The van der Waals surface area contributed by atoms with E-state index in [1.165, 1.54) is 78.6 Å². The smallest absolute Gasteiger partial charge is 0.337 e. The maximum Gasteiger partial charge on any atom is 0.337 e. The average Bonchev–Trinajstić information content (AvgIpc) is 3.48. The lowest BCUT2D eigenvalue weighted by molar-refractivity contribution is 0.0592. The molecule has 6 aromatic carbocycles. The minimum Gasteiger partial charge on any atom is -0.465 e. The van der Waals surface area contributed by atoms with Gasteiger partial charge < -0.3 is 69.1 Å². The van der Waals surface area contributed by atoms with Gasteiger partial charge in [-0.3, -0.25) is 0 Å². The van der Waals surface area contributed by atoms with Gasteiger partial charge in [-0.1, -0.05) is 24.3 Å². The second-order valence-electron chi connectivity index (χ2n) is 17.9. The Morgan fingerprint density at radius 1 is 0.461 bits per heavy atom. The Balaban J connectivity index is 0.000000172. The van der Waals surface area contributed by atoms with Crippen LogP contribution in [0.4, 0.5) is 44.6 Å². The molecule has 2 amide bonds. The van der Waals surface area contributed by atoms with Crippen LogP contribution >= 0.6 is 0 Å². The normalized spacial score (nSPS) is 15.3. The topological polar surface area (TPSA) is 203 Å². The lowest BCUT2D eigenvalue weighted by atomic mass is 10.0. The summed E-state index contributed by atoms with van der Waals surface area (Å²) in [5, 5.41) is 13.8. The molecule has 0 saturated carbocycles. The number of nitrogen functional groups attached to an aromatic ring is 1. The van der Waals surface area contributed by atoms with E-state index in [9.17, 15) is 14.4 Å². The first-order valence-electron chi connectivity index (χ1n) is 25.2. The SMILES string of the molecule is COC(=O)c1ccc(NC(=O)Nc2ccc(-c3cc(N4CCOCC4)cc(N4CCOCC4)c3)cc2)cc1.COC(=O)c1ccc(OC#N)cc1.Nc1ccc(-c2cc(N3CCOCC3)cc(N3CCOCC3)c2)cc1. The third kappa shape index (κ3) is 15.1. The van der Waals surface area contributed by atoms with E-state index >= 15 is 0 Å². The standard InChI is InChI=1S/C29H32N4O5.C20H25N3O2.C9H7NO3/c1-36-28(34)22-4-8-25(9-5-22)31-29(35)30-24-6-2-21(3-7-24)23-18-26(32-10-14-37-15-11-32)20-27(19-23)33-12-16-38-17-13-33;21-18-3-1-16(2-4-18)17-13-19(22-5-9-24-10-6-22)15-20(14-17)23-7-11-25-12-8-23;1-12-9(11)7-2-4-8(5-3-7)13-6-10/h2-9,18-20H,10-17H2,1H3,(H2,30,31,35);1-4,13-15H,5-12,21H2;2-5H,1H3. The first kappa shape index (κ1) is 53.9. The highest BCUT2D eigenvalue weighted by Crippen LogP contribution is 2.34. The second kappa shape index (κ2) is 27.3. The quantitative estimate of drug-likeness (QED) is 0.0634.